The van der Waals surface area contributed by atoms with Crippen molar-refractivity contribution in [2.45, 2.75) is 26.9 Å². The molecule has 4 nitrogen and oxygen atoms in total. The third-order valence-corrected chi connectivity index (χ3v) is 3.95. The molecule has 2 aromatic carbocycles. The molecule has 0 fully saturated rings. The number of amides is 1. The lowest BCUT2D eigenvalue weighted by atomic mass is 10.1. The van der Waals surface area contributed by atoms with Crippen LogP contribution in [0.5, 0.6) is 0 Å². The largest absolute Gasteiger partial charge is 0.398 e. The van der Waals surface area contributed by atoms with Crippen LogP contribution in [0.1, 0.15) is 35.3 Å². The Morgan fingerprint density at radius 1 is 1.04 bits per heavy atom. The first-order chi connectivity index (χ1) is 11.1. The maximum atomic E-state index is 12.2. The molecule has 2 rings (SSSR count). The van der Waals surface area contributed by atoms with E-state index in [1.165, 1.54) is 5.56 Å². The Labute approximate surface area is 138 Å². The van der Waals surface area contributed by atoms with Gasteiger partial charge in [-0.25, -0.2) is 0 Å². The first kappa shape index (κ1) is 17.0. The summed E-state index contributed by atoms with van der Waals surface area (Å²) in [6.07, 6.45) is 0. The molecule has 0 aliphatic rings. The maximum absolute atomic E-state index is 12.2. The molecule has 23 heavy (non-hydrogen) atoms. The fraction of sp³-hybridized carbons (Fsp3) is 0.316. The quantitative estimate of drug-likeness (QED) is 0.773. The van der Waals surface area contributed by atoms with Crippen LogP contribution in [0.25, 0.3) is 0 Å². The molecule has 0 aliphatic carbocycles. The van der Waals surface area contributed by atoms with Crippen molar-refractivity contribution in [2.24, 2.45) is 0 Å². The van der Waals surface area contributed by atoms with Crippen LogP contribution in [-0.4, -0.2) is 23.9 Å². The average Bonchev–Trinajstić information content (AvgIpc) is 2.58. The molecular weight excluding hydrogens is 286 g/mol. The Morgan fingerprint density at radius 2 is 1.74 bits per heavy atom. The number of benzene rings is 2. The number of carbonyl (C=O) groups is 1. The number of rotatable bonds is 7. The topological polar surface area (TPSA) is 58.4 Å². The first-order valence-corrected chi connectivity index (χ1v) is 8.07. The molecule has 0 bridgehead atoms. The molecule has 0 aromatic heterocycles. The van der Waals surface area contributed by atoms with Gasteiger partial charge in [-0.15, -0.1) is 0 Å². The number of hydrogen-bond donors (Lipinski definition) is 2. The molecule has 1 amide bonds. The Morgan fingerprint density at radius 3 is 2.43 bits per heavy atom. The van der Waals surface area contributed by atoms with E-state index in [0.29, 0.717) is 17.8 Å². The van der Waals surface area contributed by atoms with Gasteiger partial charge in [0.25, 0.3) is 5.91 Å². The van der Waals surface area contributed by atoms with Crippen LogP contribution in [-0.2, 0) is 13.1 Å². The summed E-state index contributed by atoms with van der Waals surface area (Å²) < 4.78 is 0. The number of nitrogens with two attached hydrogens (primary N) is 1. The number of nitrogens with one attached hydrogen (secondary N) is 1. The van der Waals surface area contributed by atoms with E-state index in [0.717, 1.165) is 25.2 Å². The van der Waals surface area contributed by atoms with E-state index >= 15 is 0 Å². The number of hydrogen-bond acceptors (Lipinski definition) is 3. The fourth-order valence-corrected chi connectivity index (χ4v) is 2.52. The lowest BCUT2D eigenvalue weighted by Crippen LogP contribution is -2.24. The molecule has 0 saturated carbocycles. The molecule has 0 radical (unpaired) electrons. The van der Waals surface area contributed by atoms with Crippen LogP contribution in [0.3, 0.4) is 0 Å². The molecule has 2 aromatic rings. The van der Waals surface area contributed by atoms with E-state index in [9.17, 15) is 4.79 Å². The highest BCUT2D eigenvalue weighted by atomic mass is 16.1. The molecule has 0 spiro atoms. The van der Waals surface area contributed by atoms with Gasteiger partial charge in [0.1, 0.15) is 0 Å². The van der Waals surface area contributed by atoms with E-state index in [1.54, 1.807) is 12.1 Å². The van der Waals surface area contributed by atoms with Crippen LogP contribution in [0, 0.1) is 0 Å². The number of nitrogen functional groups attached to an aromatic ring is 1. The lowest BCUT2D eigenvalue weighted by molar-refractivity contribution is 0.0952. The molecule has 0 saturated heterocycles. The summed E-state index contributed by atoms with van der Waals surface area (Å²) in [5, 5.41) is 2.93. The van der Waals surface area contributed by atoms with Crippen molar-refractivity contribution < 1.29 is 4.79 Å². The number of carbonyl (C=O) groups excluding carboxylic acids is 1. The summed E-state index contributed by atoms with van der Waals surface area (Å²) in [6, 6.07) is 15.4. The van der Waals surface area contributed by atoms with Crippen molar-refractivity contribution in [3.05, 3.63) is 65.2 Å². The average molecular weight is 311 g/mol. The maximum Gasteiger partial charge on any atom is 0.253 e. The van der Waals surface area contributed by atoms with Crippen molar-refractivity contribution in [1.29, 1.82) is 0 Å². The predicted molar refractivity (Wildman–Crippen MR) is 95.1 cm³/mol. The van der Waals surface area contributed by atoms with Gasteiger partial charge in [0.05, 0.1) is 5.56 Å². The molecule has 0 heterocycles. The first-order valence-electron chi connectivity index (χ1n) is 8.07. The van der Waals surface area contributed by atoms with Gasteiger partial charge in [-0.3, -0.25) is 9.69 Å². The predicted octanol–water partition coefficient (Wildman–Crippen LogP) is 3.04. The Balaban J connectivity index is 1.98. The number of para-hydroxylation sites is 1. The normalized spacial score (nSPS) is 10.7. The van der Waals surface area contributed by atoms with E-state index in [1.807, 2.05) is 24.3 Å². The summed E-state index contributed by atoms with van der Waals surface area (Å²) in [7, 11) is 0. The third kappa shape index (κ3) is 4.83. The minimum Gasteiger partial charge on any atom is -0.398 e. The van der Waals surface area contributed by atoms with Crippen LogP contribution in [0.2, 0.25) is 0 Å². The van der Waals surface area contributed by atoms with Gasteiger partial charge >= 0.3 is 0 Å². The second-order valence-electron chi connectivity index (χ2n) is 5.55. The zero-order chi connectivity index (χ0) is 16.7. The minimum absolute atomic E-state index is 0.141. The van der Waals surface area contributed by atoms with Gasteiger partial charge in [0.2, 0.25) is 0 Å². The summed E-state index contributed by atoms with van der Waals surface area (Å²) in [5.41, 5.74) is 9.21. The van der Waals surface area contributed by atoms with E-state index < -0.39 is 0 Å². The molecule has 0 atom stereocenters. The van der Waals surface area contributed by atoms with E-state index in [2.05, 4.69) is 36.2 Å². The van der Waals surface area contributed by atoms with Gasteiger partial charge in [-0.05, 0) is 36.3 Å². The van der Waals surface area contributed by atoms with Gasteiger partial charge in [0.15, 0.2) is 0 Å². The zero-order valence-corrected chi connectivity index (χ0v) is 13.9. The van der Waals surface area contributed by atoms with Gasteiger partial charge in [-0.2, -0.15) is 0 Å². The summed E-state index contributed by atoms with van der Waals surface area (Å²) in [4.78, 5) is 14.6. The van der Waals surface area contributed by atoms with Crippen molar-refractivity contribution in [3.8, 4) is 0 Å². The second kappa shape index (κ2) is 8.34. The van der Waals surface area contributed by atoms with Gasteiger partial charge in [0, 0.05) is 18.8 Å². The zero-order valence-electron chi connectivity index (χ0n) is 13.9. The summed E-state index contributed by atoms with van der Waals surface area (Å²) in [5.74, 6) is -0.141. The van der Waals surface area contributed by atoms with Crippen molar-refractivity contribution >= 4 is 11.6 Å². The summed E-state index contributed by atoms with van der Waals surface area (Å²) >= 11 is 0. The summed E-state index contributed by atoms with van der Waals surface area (Å²) in [6.45, 7) is 7.82. The van der Waals surface area contributed by atoms with Crippen molar-refractivity contribution in [1.82, 2.24) is 10.2 Å². The highest BCUT2D eigenvalue weighted by molar-refractivity contribution is 5.98. The van der Waals surface area contributed by atoms with Gasteiger partial charge < -0.3 is 11.1 Å². The molecule has 3 N–H and O–H groups in total. The standard InChI is InChI=1S/C19H25N3O/c1-3-22(4-2)14-16-9-7-8-15(12-16)13-21-19(23)17-10-5-6-11-18(17)20/h5-12H,3-4,13-14,20H2,1-2H3,(H,21,23). The number of anilines is 1. The Kier molecular flexibility index (Phi) is 6.18. The highest BCUT2D eigenvalue weighted by Crippen LogP contribution is 2.12. The van der Waals surface area contributed by atoms with Crippen LogP contribution in [0.4, 0.5) is 5.69 Å². The third-order valence-electron chi connectivity index (χ3n) is 3.95. The minimum atomic E-state index is -0.141. The lowest BCUT2D eigenvalue weighted by Gasteiger charge is -2.18. The SMILES string of the molecule is CCN(CC)Cc1cccc(CNC(=O)c2ccccc2N)c1. The highest BCUT2D eigenvalue weighted by Gasteiger charge is 2.08. The van der Waals surface area contributed by atoms with Gasteiger partial charge in [-0.1, -0.05) is 50.2 Å². The van der Waals surface area contributed by atoms with Crippen molar-refractivity contribution in [3.63, 3.8) is 0 Å². The Hall–Kier alpha value is -2.33. The molecule has 0 aliphatic heterocycles. The second-order valence-corrected chi connectivity index (χ2v) is 5.55. The van der Waals surface area contributed by atoms with Crippen LogP contribution >= 0.6 is 0 Å². The van der Waals surface area contributed by atoms with Crippen LogP contribution < -0.4 is 11.1 Å². The van der Waals surface area contributed by atoms with Crippen molar-refractivity contribution in [2.75, 3.05) is 18.8 Å². The van der Waals surface area contributed by atoms with E-state index in [-0.39, 0.29) is 5.91 Å². The smallest absolute Gasteiger partial charge is 0.253 e. The van der Waals surface area contributed by atoms with Crippen LogP contribution in [0.15, 0.2) is 48.5 Å². The molecular formula is C19H25N3O. The molecule has 122 valence electrons. The Bertz CT molecular complexity index is 651. The molecule has 4 heteroatoms. The van der Waals surface area contributed by atoms with E-state index in [4.69, 9.17) is 5.73 Å². The monoisotopic (exact) mass is 311 g/mol. The molecule has 0 unspecified atom stereocenters. The fourth-order valence-electron chi connectivity index (χ4n) is 2.52. The number of nitrogens with zero attached hydrogens (tertiary/aromatic N) is 1.